The van der Waals surface area contributed by atoms with Gasteiger partial charge in [0.1, 0.15) is 5.75 Å². The molecular weight excluding hydrogens is 390 g/mol. The van der Waals surface area contributed by atoms with Crippen LogP contribution in [0.15, 0.2) is 59.5 Å². The van der Waals surface area contributed by atoms with Crippen molar-refractivity contribution in [2.24, 2.45) is 5.92 Å². The molecule has 4 rings (SSSR count). The van der Waals surface area contributed by atoms with Gasteiger partial charge in [-0.3, -0.25) is 0 Å². The van der Waals surface area contributed by atoms with Gasteiger partial charge in [0.25, 0.3) is 0 Å². The lowest BCUT2D eigenvalue weighted by atomic mass is 9.97. The van der Waals surface area contributed by atoms with E-state index < -0.39 is 10.0 Å². The van der Waals surface area contributed by atoms with Gasteiger partial charge in [0.2, 0.25) is 10.0 Å². The zero-order chi connectivity index (χ0) is 20.3. The molecule has 2 aromatic carbocycles. The van der Waals surface area contributed by atoms with Crippen LogP contribution in [0.1, 0.15) is 5.56 Å². The largest absolute Gasteiger partial charge is 0.493 e. The molecule has 0 spiro atoms. The normalized spacial score (nSPS) is 19.9. The summed E-state index contributed by atoms with van der Waals surface area (Å²) >= 11 is 0. The molecule has 0 saturated carbocycles. The summed E-state index contributed by atoms with van der Waals surface area (Å²) in [4.78, 5) is 14.5. The van der Waals surface area contributed by atoms with Gasteiger partial charge in [0, 0.05) is 38.6 Å². The smallest absolute Gasteiger partial charge is 0.317 e. The molecule has 1 saturated heterocycles. The first-order chi connectivity index (χ1) is 14.0. The first-order valence-corrected chi connectivity index (χ1v) is 11.3. The number of nitrogens with zero attached hydrogens (tertiary/aromatic N) is 2. The van der Waals surface area contributed by atoms with Gasteiger partial charge in [0.05, 0.1) is 11.5 Å². The van der Waals surface area contributed by atoms with Crippen LogP contribution in [0.5, 0.6) is 5.75 Å². The predicted octanol–water partition coefficient (Wildman–Crippen LogP) is 1.95. The number of hydrogen-bond acceptors (Lipinski definition) is 4. The Bertz CT molecular complexity index is 957. The van der Waals surface area contributed by atoms with E-state index in [-0.39, 0.29) is 16.8 Å². The van der Waals surface area contributed by atoms with E-state index in [9.17, 15) is 13.2 Å². The molecule has 0 aromatic heterocycles. The van der Waals surface area contributed by atoms with Crippen molar-refractivity contribution in [3.05, 3.63) is 60.2 Å². The zero-order valence-electron chi connectivity index (χ0n) is 16.2. The van der Waals surface area contributed by atoms with Gasteiger partial charge in [-0.15, -0.1) is 0 Å². The number of urea groups is 1. The summed E-state index contributed by atoms with van der Waals surface area (Å²) in [7, 11) is -3.51. The van der Waals surface area contributed by atoms with Gasteiger partial charge in [0.15, 0.2) is 0 Å². The Morgan fingerprint density at radius 2 is 1.69 bits per heavy atom. The Kier molecular flexibility index (Phi) is 5.73. The average molecular weight is 416 g/mol. The molecule has 2 heterocycles. The molecule has 0 bridgehead atoms. The predicted molar refractivity (Wildman–Crippen MR) is 109 cm³/mol. The molecule has 8 heteroatoms. The van der Waals surface area contributed by atoms with Crippen molar-refractivity contribution in [3.8, 4) is 5.75 Å². The van der Waals surface area contributed by atoms with Crippen LogP contribution < -0.4 is 10.1 Å². The van der Waals surface area contributed by atoms with Crippen molar-refractivity contribution in [3.63, 3.8) is 0 Å². The summed E-state index contributed by atoms with van der Waals surface area (Å²) in [5.74, 6) is 1.15. The van der Waals surface area contributed by atoms with Crippen molar-refractivity contribution in [2.45, 2.75) is 11.3 Å². The second-order valence-electron chi connectivity index (χ2n) is 7.38. The minimum Gasteiger partial charge on any atom is -0.493 e. The summed E-state index contributed by atoms with van der Waals surface area (Å²) in [5.41, 5.74) is 1.16. The number of carbonyl (C=O) groups excluding carboxylic acids is 1. The maximum absolute atomic E-state index is 12.7. The lowest BCUT2D eigenvalue weighted by Crippen LogP contribution is -2.53. The second-order valence-corrected chi connectivity index (χ2v) is 9.32. The van der Waals surface area contributed by atoms with Crippen LogP contribution in [0.3, 0.4) is 0 Å². The van der Waals surface area contributed by atoms with Gasteiger partial charge < -0.3 is 15.0 Å². The summed E-state index contributed by atoms with van der Waals surface area (Å²) in [6.07, 6.45) is 0.875. The molecule has 2 aliphatic rings. The standard InChI is InChI=1S/C21H25N3O4S/c25-21(22-15-17-14-18-6-4-5-9-20(18)28-16-17)23-10-12-24(13-11-23)29(26,27)19-7-2-1-3-8-19/h1-9,17H,10-16H2,(H,22,25). The number of amides is 2. The Balaban J connectivity index is 1.27. The number of para-hydroxylation sites is 1. The number of piperazine rings is 1. The fourth-order valence-corrected chi connectivity index (χ4v) is 5.18. The van der Waals surface area contributed by atoms with Crippen LogP contribution in [0.25, 0.3) is 0 Å². The van der Waals surface area contributed by atoms with Crippen LogP contribution in [0, 0.1) is 5.92 Å². The Hall–Kier alpha value is -2.58. The monoisotopic (exact) mass is 415 g/mol. The number of benzene rings is 2. The summed E-state index contributed by atoms with van der Waals surface area (Å²) in [6, 6.07) is 16.2. The van der Waals surface area contributed by atoms with Crippen molar-refractivity contribution in [2.75, 3.05) is 39.3 Å². The first kappa shape index (κ1) is 19.7. The van der Waals surface area contributed by atoms with Crippen molar-refractivity contribution in [1.29, 1.82) is 0 Å². The number of ether oxygens (including phenoxy) is 1. The summed E-state index contributed by atoms with van der Waals surface area (Å²) < 4.78 is 32.6. The SMILES string of the molecule is O=C(NCC1COc2ccccc2C1)N1CCN(S(=O)(=O)c2ccccc2)CC1. The third-order valence-electron chi connectivity index (χ3n) is 5.40. The molecule has 0 aliphatic carbocycles. The molecule has 1 N–H and O–H groups in total. The summed E-state index contributed by atoms with van der Waals surface area (Å²) in [5, 5.41) is 2.98. The average Bonchev–Trinajstić information content (AvgIpc) is 2.78. The van der Waals surface area contributed by atoms with E-state index in [1.54, 1.807) is 35.2 Å². The second kappa shape index (κ2) is 8.42. The van der Waals surface area contributed by atoms with Crippen LogP contribution in [-0.2, 0) is 16.4 Å². The molecule has 2 amide bonds. The Morgan fingerprint density at radius 3 is 2.45 bits per heavy atom. The summed E-state index contributed by atoms with van der Waals surface area (Å²) in [6.45, 7) is 2.47. The van der Waals surface area contributed by atoms with E-state index in [1.165, 1.54) is 4.31 Å². The van der Waals surface area contributed by atoms with Gasteiger partial charge in [-0.05, 0) is 30.2 Å². The molecule has 1 unspecified atom stereocenters. The highest BCUT2D eigenvalue weighted by molar-refractivity contribution is 7.89. The molecular formula is C21H25N3O4S. The van der Waals surface area contributed by atoms with Gasteiger partial charge in [-0.2, -0.15) is 4.31 Å². The molecule has 1 fully saturated rings. The minimum absolute atomic E-state index is 0.152. The number of carbonyl (C=O) groups is 1. The molecule has 7 nitrogen and oxygen atoms in total. The van der Waals surface area contributed by atoms with Gasteiger partial charge in [-0.25, -0.2) is 13.2 Å². The Labute approximate surface area is 171 Å². The van der Waals surface area contributed by atoms with Crippen LogP contribution in [-0.4, -0.2) is 63.0 Å². The maximum atomic E-state index is 12.7. The fourth-order valence-electron chi connectivity index (χ4n) is 3.74. The molecule has 2 aliphatic heterocycles. The molecule has 29 heavy (non-hydrogen) atoms. The van der Waals surface area contributed by atoms with Gasteiger partial charge >= 0.3 is 6.03 Å². The fraction of sp³-hybridized carbons (Fsp3) is 0.381. The van der Waals surface area contributed by atoms with Crippen LogP contribution in [0.4, 0.5) is 4.79 Å². The quantitative estimate of drug-likeness (QED) is 0.828. The topological polar surface area (TPSA) is 79.0 Å². The first-order valence-electron chi connectivity index (χ1n) is 9.83. The minimum atomic E-state index is -3.51. The van der Waals surface area contributed by atoms with Gasteiger partial charge in [-0.1, -0.05) is 36.4 Å². The van der Waals surface area contributed by atoms with Crippen LogP contribution in [0.2, 0.25) is 0 Å². The molecule has 154 valence electrons. The zero-order valence-corrected chi connectivity index (χ0v) is 17.0. The van der Waals surface area contributed by atoms with Crippen molar-refractivity contribution < 1.29 is 17.9 Å². The number of fused-ring (bicyclic) bond motifs is 1. The van der Waals surface area contributed by atoms with Crippen molar-refractivity contribution >= 4 is 16.1 Å². The van der Waals surface area contributed by atoms with E-state index >= 15 is 0 Å². The lowest BCUT2D eigenvalue weighted by Gasteiger charge is -2.34. The van der Waals surface area contributed by atoms with Crippen molar-refractivity contribution in [1.82, 2.24) is 14.5 Å². The Morgan fingerprint density at radius 1 is 1.00 bits per heavy atom. The number of nitrogens with one attached hydrogen (secondary N) is 1. The maximum Gasteiger partial charge on any atom is 0.317 e. The third-order valence-corrected chi connectivity index (χ3v) is 7.32. The lowest BCUT2D eigenvalue weighted by molar-refractivity contribution is 0.166. The van der Waals surface area contributed by atoms with E-state index in [0.717, 1.165) is 17.7 Å². The number of rotatable bonds is 4. The highest BCUT2D eigenvalue weighted by Gasteiger charge is 2.30. The van der Waals surface area contributed by atoms with Crippen LogP contribution >= 0.6 is 0 Å². The third kappa shape index (κ3) is 4.38. The van der Waals surface area contributed by atoms with E-state index in [2.05, 4.69) is 11.4 Å². The number of hydrogen-bond donors (Lipinski definition) is 1. The molecule has 0 radical (unpaired) electrons. The van der Waals surface area contributed by atoms with E-state index in [0.29, 0.717) is 39.3 Å². The highest BCUT2D eigenvalue weighted by Crippen LogP contribution is 2.26. The van der Waals surface area contributed by atoms with E-state index in [4.69, 9.17) is 4.74 Å². The molecule has 2 aromatic rings. The molecule has 1 atom stereocenters. The van der Waals surface area contributed by atoms with E-state index in [1.807, 2.05) is 18.2 Å². The highest BCUT2D eigenvalue weighted by atomic mass is 32.2. The number of sulfonamides is 1.